The molecule has 0 atom stereocenters. The van der Waals surface area contributed by atoms with Gasteiger partial charge in [-0.3, -0.25) is 4.79 Å². The Morgan fingerprint density at radius 3 is 1.79 bits per heavy atom. The smallest absolute Gasteiger partial charge is 0.338 e. The summed E-state index contributed by atoms with van der Waals surface area (Å²) in [5, 5.41) is 0. The van der Waals surface area contributed by atoms with Crippen molar-refractivity contribution in [3.05, 3.63) is 78.9 Å². The molecular formula is C28H28O5. The minimum absolute atomic E-state index is 0.280. The van der Waals surface area contributed by atoms with E-state index in [0.717, 1.165) is 22.3 Å². The lowest BCUT2D eigenvalue weighted by atomic mass is 9.97. The fraction of sp³-hybridized carbons (Fsp3) is 0.214. The average molecular weight is 445 g/mol. The van der Waals surface area contributed by atoms with Gasteiger partial charge in [-0.15, -0.1) is 0 Å². The van der Waals surface area contributed by atoms with E-state index in [1.807, 2.05) is 63.2 Å². The molecule has 3 aromatic rings. The van der Waals surface area contributed by atoms with Crippen LogP contribution < -0.4 is 14.2 Å². The van der Waals surface area contributed by atoms with Gasteiger partial charge in [0.15, 0.2) is 0 Å². The maximum Gasteiger partial charge on any atom is 0.338 e. The summed E-state index contributed by atoms with van der Waals surface area (Å²) in [5.41, 5.74) is 3.56. The minimum atomic E-state index is -0.567. The third-order valence-corrected chi connectivity index (χ3v) is 4.94. The van der Waals surface area contributed by atoms with Crippen molar-refractivity contribution in [2.24, 2.45) is 5.41 Å². The summed E-state index contributed by atoms with van der Waals surface area (Å²) >= 11 is 0. The zero-order valence-electron chi connectivity index (χ0n) is 19.6. The summed E-state index contributed by atoms with van der Waals surface area (Å²) in [6.07, 6.45) is 0. The summed E-state index contributed by atoms with van der Waals surface area (Å²) in [7, 11) is 1.63. The van der Waals surface area contributed by atoms with Gasteiger partial charge in [0, 0.05) is 11.1 Å². The third kappa shape index (κ3) is 5.89. The van der Waals surface area contributed by atoms with Crippen molar-refractivity contribution in [1.29, 1.82) is 0 Å². The van der Waals surface area contributed by atoms with Crippen LogP contribution in [-0.4, -0.2) is 19.0 Å². The largest absolute Gasteiger partial charge is 0.496 e. The number of benzene rings is 3. The molecule has 0 aromatic heterocycles. The summed E-state index contributed by atoms with van der Waals surface area (Å²) in [4.78, 5) is 23.8. The topological polar surface area (TPSA) is 61.8 Å². The van der Waals surface area contributed by atoms with Crippen LogP contribution in [0.5, 0.6) is 17.2 Å². The molecule has 0 saturated heterocycles. The Bertz CT molecular complexity index is 1170. The maximum absolute atomic E-state index is 12.1. The Labute approximate surface area is 194 Å². The Morgan fingerprint density at radius 2 is 1.27 bits per heavy atom. The van der Waals surface area contributed by atoms with Gasteiger partial charge in [-0.2, -0.15) is 0 Å². The predicted octanol–water partition coefficient (Wildman–Crippen LogP) is 6.46. The summed E-state index contributed by atoms with van der Waals surface area (Å²) in [5.74, 6) is 0.944. The molecule has 170 valence electrons. The fourth-order valence-electron chi connectivity index (χ4n) is 2.98. The van der Waals surface area contributed by atoms with E-state index >= 15 is 0 Å². The van der Waals surface area contributed by atoms with Crippen molar-refractivity contribution < 1.29 is 23.8 Å². The van der Waals surface area contributed by atoms with Gasteiger partial charge in [-0.05, 0) is 74.7 Å². The van der Waals surface area contributed by atoms with Crippen LogP contribution in [0.3, 0.4) is 0 Å². The molecule has 5 heteroatoms. The van der Waals surface area contributed by atoms with Gasteiger partial charge in [-0.1, -0.05) is 43.0 Å². The van der Waals surface area contributed by atoms with Crippen molar-refractivity contribution in [1.82, 2.24) is 0 Å². The van der Waals surface area contributed by atoms with E-state index in [2.05, 4.69) is 6.58 Å². The van der Waals surface area contributed by atoms with Crippen LogP contribution in [0.25, 0.3) is 22.3 Å². The molecule has 0 unspecified atom stereocenters. The van der Waals surface area contributed by atoms with Crippen LogP contribution in [-0.2, 0) is 9.59 Å². The van der Waals surface area contributed by atoms with Crippen LogP contribution in [0.2, 0.25) is 0 Å². The number of hydrogen-bond donors (Lipinski definition) is 0. The number of carbonyl (C=O) groups excluding carboxylic acids is 2. The van der Waals surface area contributed by atoms with Crippen molar-refractivity contribution >= 4 is 11.9 Å². The Balaban J connectivity index is 1.80. The molecule has 0 aliphatic heterocycles. The Hall–Kier alpha value is -3.86. The standard InChI is InChI=1S/C28H28O5/c1-18(2)26(29)32-22-12-7-19(8-13-22)21-11-16-24(25(17-21)31-6)20-9-14-23(15-10-20)33-27(30)28(3,4)5/h7-17H,1H2,2-6H3. The molecule has 0 radical (unpaired) electrons. The second-order valence-corrected chi connectivity index (χ2v) is 8.77. The van der Waals surface area contributed by atoms with Crippen LogP contribution in [0.15, 0.2) is 78.9 Å². The molecule has 0 spiro atoms. The lowest BCUT2D eigenvalue weighted by molar-refractivity contribution is -0.143. The van der Waals surface area contributed by atoms with Gasteiger partial charge >= 0.3 is 11.9 Å². The number of hydrogen-bond acceptors (Lipinski definition) is 5. The summed E-state index contributed by atoms with van der Waals surface area (Å²) in [6.45, 7) is 10.6. The highest BCUT2D eigenvalue weighted by Crippen LogP contribution is 2.35. The molecule has 5 nitrogen and oxygen atoms in total. The second-order valence-electron chi connectivity index (χ2n) is 8.77. The van der Waals surface area contributed by atoms with Gasteiger partial charge in [0.25, 0.3) is 0 Å². The molecule has 0 bridgehead atoms. The Kier molecular flexibility index (Phi) is 7.02. The first-order valence-corrected chi connectivity index (χ1v) is 10.6. The number of ether oxygens (including phenoxy) is 3. The molecule has 0 heterocycles. The molecule has 0 amide bonds. The van der Waals surface area contributed by atoms with E-state index in [4.69, 9.17) is 14.2 Å². The third-order valence-electron chi connectivity index (χ3n) is 4.94. The fourth-order valence-corrected chi connectivity index (χ4v) is 2.98. The predicted molar refractivity (Wildman–Crippen MR) is 129 cm³/mol. The monoisotopic (exact) mass is 444 g/mol. The van der Waals surface area contributed by atoms with Crippen molar-refractivity contribution in [2.75, 3.05) is 7.11 Å². The van der Waals surface area contributed by atoms with Gasteiger partial charge in [0.05, 0.1) is 12.5 Å². The highest BCUT2D eigenvalue weighted by atomic mass is 16.5. The van der Waals surface area contributed by atoms with Crippen LogP contribution in [0.4, 0.5) is 0 Å². The summed E-state index contributed by atoms with van der Waals surface area (Å²) in [6, 6.07) is 20.5. The quantitative estimate of drug-likeness (QED) is 0.248. The molecular weight excluding hydrogens is 416 g/mol. The SMILES string of the molecule is C=C(C)C(=O)Oc1ccc(-c2ccc(-c3ccc(OC(=O)C(C)(C)C)cc3)c(OC)c2)cc1. The zero-order valence-corrected chi connectivity index (χ0v) is 19.6. The highest BCUT2D eigenvalue weighted by Gasteiger charge is 2.23. The van der Waals surface area contributed by atoms with E-state index in [9.17, 15) is 9.59 Å². The number of carbonyl (C=O) groups is 2. The molecule has 0 aliphatic carbocycles. The molecule has 3 aromatic carbocycles. The number of methoxy groups -OCH3 is 1. The van der Waals surface area contributed by atoms with E-state index in [-0.39, 0.29) is 5.97 Å². The van der Waals surface area contributed by atoms with E-state index in [0.29, 0.717) is 22.8 Å². The molecule has 0 saturated carbocycles. The first-order chi connectivity index (χ1) is 15.6. The summed E-state index contributed by atoms with van der Waals surface area (Å²) < 4.78 is 16.3. The van der Waals surface area contributed by atoms with Crippen molar-refractivity contribution in [3.8, 4) is 39.5 Å². The maximum atomic E-state index is 12.1. The zero-order chi connectivity index (χ0) is 24.2. The lowest BCUT2D eigenvalue weighted by Gasteiger charge is -2.16. The van der Waals surface area contributed by atoms with Gasteiger partial charge in [-0.25, -0.2) is 4.79 Å². The minimum Gasteiger partial charge on any atom is -0.496 e. The normalized spacial score (nSPS) is 10.9. The van der Waals surface area contributed by atoms with E-state index in [1.54, 1.807) is 38.3 Å². The lowest BCUT2D eigenvalue weighted by Crippen LogP contribution is -2.25. The highest BCUT2D eigenvalue weighted by molar-refractivity contribution is 5.89. The second kappa shape index (κ2) is 9.74. The van der Waals surface area contributed by atoms with Crippen molar-refractivity contribution in [2.45, 2.75) is 27.7 Å². The van der Waals surface area contributed by atoms with Crippen molar-refractivity contribution in [3.63, 3.8) is 0 Å². The van der Waals surface area contributed by atoms with Crippen LogP contribution in [0.1, 0.15) is 27.7 Å². The van der Waals surface area contributed by atoms with Gasteiger partial charge in [0.1, 0.15) is 17.2 Å². The molecule has 3 rings (SSSR count). The first kappa shape index (κ1) is 23.8. The van der Waals surface area contributed by atoms with Crippen LogP contribution >= 0.6 is 0 Å². The van der Waals surface area contributed by atoms with Gasteiger partial charge < -0.3 is 14.2 Å². The van der Waals surface area contributed by atoms with E-state index < -0.39 is 11.4 Å². The van der Waals surface area contributed by atoms with Gasteiger partial charge in [0.2, 0.25) is 0 Å². The molecule has 0 aliphatic rings. The molecule has 0 fully saturated rings. The number of esters is 2. The average Bonchev–Trinajstić information content (AvgIpc) is 2.79. The number of rotatable bonds is 6. The first-order valence-electron chi connectivity index (χ1n) is 10.6. The molecule has 33 heavy (non-hydrogen) atoms. The van der Waals surface area contributed by atoms with E-state index in [1.165, 1.54) is 0 Å². The Morgan fingerprint density at radius 1 is 0.758 bits per heavy atom. The van der Waals surface area contributed by atoms with Crippen LogP contribution in [0, 0.1) is 5.41 Å². The molecule has 0 N–H and O–H groups in total.